The van der Waals surface area contributed by atoms with Gasteiger partial charge in [-0.3, -0.25) is 10.1 Å². The molecule has 4 nitrogen and oxygen atoms in total. The molecule has 0 spiro atoms. The Hall–Kier alpha value is -0.900. The topological polar surface area (TPSA) is 52.4 Å². The van der Waals surface area contributed by atoms with Crippen molar-refractivity contribution in [1.82, 2.24) is 0 Å². The van der Waals surface area contributed by atoms with Gasteiger partial charge in [0.15, 0.2) is 0 Å². The lowest BCUT2D eigenvalue weighted by Gasteiger charge is -1.82. The smallest absolute Gasteiger partial charge is 0.232 e. The van der Waals surface area contributed by atoms with E-state index in [2.05, 4.69) is 4.74 Å². The molecular formula is C4H7NO3. The van der Waals surface area contributed by atoms with Crippen molar-refractivity contribution in [1.29, 1.82) is 0 Å². The summed E-state index contributed by atoms with van der Waals surface area (Å²) in [6, 6.07) is 0. The van der Waals surface area contributed by atoms with E-state index >= 15 is 0 Å². The Morgan fingerprint density at radius 2 is 2.50 bits per heavy atom. The molecule has 0 heterocycles. The second-order valence-electron chi connectivity index (χ2n) is 1.13. The fourth-order valence-corrected chi connectivity index (χ4v) is 0.225. The molecule has 0 aliphatic rings. The van der Waals surface area contributed by atoms with Crippen LogP contribution in [-0.4, -0.2) is 18.6 Å². The molecule has 0 atom stereocenters. The lowest BCUT2D eigenvalue weighted by molar-refractivity contribution is -0.402. The molecule has 0 saturated carbocycles. The number of nitrogens with zero attached hydrogens (tertiary/aromatic N) is 1. The summed E-state index contributed by atoms with van der Waals surface area (Å²) in [4.78, 5) is 9.01. The molecule has 0 fully saturated rings. The fraction of sp³-hybridized carbons (Fsp3) is 0.500. The monoisotopic (exact) mass is 117 g/mol. The van der Waals surface area contributed by atoms with Crippen LogP contribution in [-0.2, 0) is 4.74 Å². The SMILES string of the molecule is COCC=C[N+](=O)[O-]. The Morgan fingerprint density at radius 3 is 2.88 bits per heavy atom. The molecule has 0 radical (unpaired) electrons. The van der Waals surface area contributed by atoms with E-state index in [1.165, 1.54) is 13.2 Å². The second kappa shape index (κ2) is 4.26. The lowest BCUT2D eigenvalue weighted by atomic mass is 10.7. The summed E-state index contributed by atoms with van der Waals surface area (Å²) in [6.07, 6.45) is 2.18. The van der Waals surface area contributed by atoms with Crippen LogP contribution in [0.25, 0.3) is 0 Å². The molecule has 0 rings (SSSR count). The van der Waals surface area contributed by atoms with Crippen LogP contribution in [0.15, 0.2) is 12.3 Å². The van der Waals surface area contributed by atoms with E-state index in [-0.39, 0.29) is 0 Å². The molecule has 0 bridgehead atoms. The van der Waals surface area contributed by atoms with E-state index < -0.39 is 4.92 Å². The van der Waals surface area contributed by atoms with E-state index in [4.69, 9.17) is 0 Å². The van der Waals surface area contributed by atoms with Gasteiger partial charge in [-0.05, 0) is 0 Å². The van der Waals surface area contributed by atoms with Crippen molar-refractivity contribution in [2.24, 2.45) is 0 Å². The number of ether oxygens (including phenoxy) is 1. The predicted molar refractivity (Wildman–Crippen MR) is 28.0 cm³/mol. The van der Waals surface area contributed by atoms with E-state index in [0.717, 1.165) is 6.20 Å². The number of nitro groups is 1. The minimum absolute atomic E-state index is 0.293. The number of methoxy groups -OCH3 is 1. The highest BCUT2D eigenvalue weighted by Gasteiger charge is 1.80. The summed E-state index contributed by atoms with van der Waals surface area (Å²) in [5.74, 6) is 0. The van der Waals surface area contributed by atoms with E-state index in [0.29, 0.717) is 6.61 Å². The van der Waals surface area contributed by atoms with E-state index in [1.807, 2.05) is 0 Å². The Kier molecular flexibility index (Phi) is 3.78. The Labute approximate surface area is 46.9 Å². The summed E-state index contributed by atoms with van der Waals surface area (Å²) in [5, 5.41) is 9.54. The zero-order valence-corrected chi connectivity index (χ0v) is 4.53. The largest absolute Gasteiger partial charge is 0.380 e. The van der Waals surface area contributed by atoms with E-state index in [9.17, 15) is 10.1 Å². The fourth-order valence-electron chi connectivity index (χ4n) is 0.225. The van der Waals surface area contributed by atoms with Gasteiger partial charge >= 0.3 is 0 Å². The number of rotatable bonds is 3. The molecular weight excluding hydrogens is 110 g/mol. The first kappa shape index (κ1) is 7.10. The predicted octanol–water partition coefficient (Wildman–Crippen LogP) is 0.423. The van der Waals surface area contributed by atoms with Gasteiger partial charge in [-0.1, -0.05) is 0 Å². The maximum Gasteiger partial charge on any atom is 0.232 e. The van der Waals surface area contributed by atoms with Crippen LogP contribution < -0.4 is 0 Å². The van der Waals surface area contributed by atoms with Gasteiger partial charge in [0.05, 0.1) is 11.5 Å². The Balaban J connectivity index is 3.20. The zero-order valence-electron chi connectivity index (χ0n) is 4.53. The molecule has 46 valence electrons. The van der Waals surface area contributed by atoms with Gasteiger partial charge in [0.1, 0.15) is 0 Å². The van der Waals surface area contributed by atoms with Crippen molar-refractivity contribution in [2.45, 2.75) is 0 Å². The molecule has 0 aliphatic carbocycles. The molecule has 8 heavy (non-hydrogen) atoms. The van der Waals surface area contributed by atoms with Crippen molar-refractivity contribution >= 4 is 0 Å². The zero-order chi connectivity index (χ0) is 6.41. The normalized spacial score (nSPS) is 10.1. The van der Waals surface area contributed by atoms with Crippen LogP contribution in [0.1, 0.15) is 0 Å². The first-order valence-electron chi connectivity index (χ1n) is 2.06. The summed E-state index contributed by atoms with van der Waals surface area (Å²) in [5.41, 5.74) is 0. The van der Waals surface area contributed by atoms with Crippen LogP contribution in [0.4, 0.5) is 0 Å². The average molecular weight is 117 g/mol. The number of hydrogen-bond acceptors (Lipinski definition) is 3. The molecule has 0 unspecified atom stereocenters. The third-order valence-electron chi connectivity index (χ3n) is 0.490. The summed E-state index contributed by atoms with van der Waals surface area (Å²) in [7, 11) is 1.48. The van der Waals surface area contributed by atoms with Crippen molar-refractivity contribution in [3.63, 3.8) is 0 Å². The lowest BCUT2D eigenvalue weighted by Crippen LogP contribution is -1.86. The van der Waals surface area contributed by atoms with Crippen LogP contribution >= 0.6 is 0 Å². The highest BCUT2D eigenvalue weighted by atomic mass is 16.6. The van der Waals surface area contributed by atoms with Gasteiger partial charge in [0, 0.05) is 13.2 Å². The third-order valence-corrected chi connectivity index (χ3v) is 0.490. The quantitative estimate of drug-likeness (QED) is 0.397. The highest BCUT2D eigenvalue weighted by Crippen LogP contribution is 1.73. The molecule has 0 aromatic rings. The van der Waals surface area contributed by atoms with E-state index in [1.54, 1.807) is 0 Å². The van der Waals surface area contributed by atoms with Crippen molar-refractivity contribution in [3.8, 4) is 0 Å². The number of hydrogen-bond donors (Lipinski definition) is 0. The van der Waals surface area contributed by atoms with Gasteiger partial charge in [0.25, 0.3) is 0 Å². The third kappa shape index (κ3) is 5.10. The Morgan fingerprint density at radius 1 is 1.88 bits per heavy atom. The van der Waals surface area contributed by atoms with Gasteiger partial charge in [-0.15, -0.1) is 0 Å². The molecule has 0 amide bonds. The first-order valence-corrected chi connectivity index (χ1v) is 2.06. The minimum Gasteiger partial charge on any atom is -0.380 e. The summed E-state index contributed by atoms with van der Waals surface area (Å²) >= 11 is 0. The molecule has 0 N–H and O–H groups in total. The highest BCUT2D eigenvalue weighted by molar-refractivity contribution is 4.70. The van der Waals surface area contributed by atoms with Gasteiger partial charge in [-0.25, -0.2) is 0 Å². The molecule has 0 aliphatic heterocycles. The molecule has 0 aromatic heterocycles. The maximum absolute atomic E-state index is 9.54. The van der Waals surface area contributed by atoms with Gasteiger partial charge in [-0.2, -0.15) is 0 Å². The molecule has 4 heteroatoms. The van der Waals surface area contributed by atoms with Crippen molar-refractivity contribution in [3.05, 3.63) is 22.4 Å². The minimum atomic E-state index is -0.529. The standard InChI is InChI=1S/C4H7NO3/c1-8-4-2-3-5(6)7/h2-3H,4H2,1H3. The van der Waals surface area contributed by atoms with Gasteiger partial charge in [0.2, 0.25) is 6.20 Å². The summed E-state index contributed by atoms with van der Waals surface area (Å²) in [6.45, 7) is 0.293. The first-order chi connectivity index (χ1) is 3.77. The van der Waals surface area contributed by atoms with Crippen LogP contribution in [0, 0.1) is 10.1 Å². The van der Waals surface area contributed by atoms with Crippen LogP contribution in [0.3, 0.4) is 0 Å². The Bertz CT molecular complexity index is 99.5. The van der Waals surface area contributed by atoms with Crippen molar-refractivity contribution in [2.75, 3.05) is 13.7 Å². The second-order valence-corrected chi connectivity index (χ2v) is 1.13. The molecule has 0 aromatic carbocycles. The van der Waals surface area contributed by atoms with Gasteiger partial charge < -0.3 is 4.74 Å². The summed E-state index contributed by atoms with van der Waals surface area (Å²) < 4.78 is 4.50. The van der Waals surface area contributed by atoms with Crippen LogP contribution in [0.5, 0.6) is 0 Å². The molecule has 0 saturated heterocycles. The maximum atomic E-state index is 9.54. The average Bonchev–Trinajstić information content (AvgIpc) is 1.66. The van der Waals surface area contributed by atoms with Crippen molar-refractivity contribution < 1.29 is 9.66 Å². The van der Waals surface area contributed by atoms with Crippen LogP contribution in [0.2, 0.25) is 0 Å².